The molecular weight excluding hydrogens is 326 g/mol. The Labute approximate surface area is 134 Å². The lowest BCUT2D eigenvalue weighted by Crippen LogP contribution is -2.39. The molecule has 1 heterocycles. The summed E-state index contributed by atoms with van der Waals surface area (Å²) >= 11 is 0. The monoisotopic (exact) mass is 346 g/mol. The molecule has 1 N–H and O–H groups in total. The van der Waals surface area contributed by atoms with Crippen LogP contribution in [0.2, 0.25) is 0 Å². The van der Waals surface area contributed by atoms with E-state index < -0.39 is 27.6 Å². The SMILES string of the molecule is CCCS(=O)(=O)N[C@H]1CCN(C(=O)c2cc(C)c(F)cc2F)C1. The molecule has 1 aromatic rings. The van der Waals surface area contributed by atoms with Gasteiger partial charge in [-0.15, -0.1) is 0 Å². The number of hydrogen-bond acceptors (Lipinski definition) is 3. The fourth-order valence-corrected chi connectivity index (χ4v) is 3.97. The molecule has 23 heavy (non-hydrogen) atoms. The summed E-state index contributed by atoms with van der Waals surface area (Å²) in [6.07, 6.45) is 0.973. The molecule has 0 spiro atoms. The third kappa shape index (κ3) is 4.26. The largest absolute Gasteiger partial charge is 0.337 e. The second kappa shape index (κ2) is 6.92. The highest BCUT2D eigenvalue weighted by Gasteiger charge is 2.30. The standard InChI is InChI=1S/C15H20F2N2O3S/c1-3-6-23(21,22)18-11-4-5-19(9-11)15(20)12-7-10(2)13(16)8-14(12)17/h7-8,11,18H,3-6,9H2,1-2H3/t11-/m0/s1. The Balaban J connectivity index is 2.07. The van der Waals surface area contributed by atoms with Gasteiger partial charge in [-0.3, -0.25) is 4.79 Å². The maximum Gasteiger partial charge on any atom is 0.256 e. The van der Waals surface area contributed by atoms with E-state index >= 15 is 0 Å². The minimum atomic E-state index is -3.36. The van der Waals surface area contributed by atoms with Crippen molar-refractivity contribution in [2.45, 2.75) is 32.7 Å². The van der Waals surface area contributed by atoms with Crippen LogP contribution in [0.4, 0.5) is 8.78 Å². The van der Waals surface area contributed by atoms with Gasteiger partial charge in [0.1, 0.15) is 11.6 Å². The number of nitrogens with one attached hydrogen (secondary N) is 1. The van der Waals surface area contributed by atoms with Crippen molar-refractivity contribution in [3.05, 3.63) is 34.9 Å². The molecule has 1 atom stereocenters. The molecule has 2 rings (SSSR count). The quantitative estimate of drug-likeness (QED) is 0.884. The maximum atomic E-state index is 13.8. The number of hydrogen-bond donors (Lipinski definition) is 1. The van der Waals surface area contributed by atoms with Crippen LogP contribution in [0.3, 0.4) is 0 Å². The maximum absolute atomic E-state index is 13.8. The van der Waals surface area contributed by atoms with E-state index in [2.05, 4.69) is 4.72 Å². The fourth-order valence-electron chi connectivity index (χ4n) is 2.61. The van der Waals surface area contributed by atoms with Crippen molar-refractivity contribution in [2.75, 3.05) is 18.8 Å². The van der Waals surface area contributed by atoms with Gasteiger partial charge in [-0.25, -0.2) is 21.9 Å². The van der Waals surface area contributed by atoms with E-state index in [9.17, 15) is 22.0 Å². The summed E-state index contributed by atoms with van der Waals surface area (Å²) in [5, 5.41) is 0. The molecule has 5 nitrogen and oxygen atoms in total. The minimum Gasteiger partial charge on any atom is -0.337 e. The van der Waals surface area contributed by atoms with Gasteiger partial charge >= 0.3 is 0 Å². The van der Waals surface area contributed by atoms with Crippen LogP contribution in [0, 0.1) is 18.6 Å². The van der Waals surface area contributed by atoms with Gasteiger partial charge in [0.15, 0.2) is 0 Å². The van der Waals surface area contributed by atoms with E-state index in [-0.39, 0.29) is 29.5 Å². The lowest BCUT2D eigenvalue weighted by Gasteiger charge is -2.18. The van der Waals surface area contributed by atoms with Crippen molar-refractivity contribution in [3.8, 4) is 0 Å². The molecule has 0 unspecified atom stereocenters. The van der Waals surface area contributed by atoms with Crippen LogP contribution < -0.4 is 4.72 Å². The van der Waals surface area contributed by atoms with Crippen LogP contribution in [0.25, 0.3) is 0 Å². The fraction of sp³-hybridized carbons (Fsp3) is 0.533. The Bertz CT molecular complexity index is 707. The summed E-state index contributed by atoms with van der Waals surface area (Å²) in [4.78, 5) is 13.7. The molecular formula is C15H20F2N2O3S. The number of likely N-dealkylation sites (tertiary alicyclic amines) is 1. The molecule has 1 fully saturated rings. The van der Waals surface area contributed by atoms with Gasteiger partial charge in [0, 0.05) is 25.2 Å². The first-order valence-corrected chi connectivity index (χ1v) is 9.13. The average molecular weight is 346 g/mol. The lowest BCUT2D eigenvalue weighted by molar-refractivity contribution is 0.0785. The summed E-state index contributed by atoms with van der Waals surface area (Å²) in [6.45, 7) is 3.73. The Morgan fingerprint density at radius 1 is 1.35 bits per heavy atom. The molecule has 1 aliphatic rings. The number of benzene rings is 1. The first-order valence-electron chi connectivity index (χ1n) is 7.48. The van der Waals surface area contributed by atoms with Gasteiger partial charge in [-0.1, -0.05) is 6.92 Å². The molecule has 1 aliphatic heterocycles. The molecule has 0 bridgehead atoms. The zero-order chi connectivity index (χ0) is 17.2. The van der Waals surface area contributed by atoms with Gasteiger partial charge in [0.25, 0.3) is 5.91 Å². The summed E-state index contributed by atoms with van der Waals surface area (Å²) in [7, 11) is -3.36. The Hall–Kier alpha value is -1.54. The predicted octanol–water partition coefficient (Wildman–Crippen LogP) is 1.82. The number of sulfonamides is 1. The summed E-state index contributed by atoms with van der Waals surface area (Å²) in [5.41, 5.74) is -0.00453. The van der Waals surface area contributed by atoms with Crippen molar-refractivity contribution in [3.63, 3.8) is 0 Å². The number of aryl methyl sites for hydroxylation is 1. The number of carbonyl (C=O) groups is 1. The Morgan fingerprint density at radius 2 is 2.04 bits per heavy atom. The van der Waals surface area contributed by atoms with Crippen LogP contribution in [-0.2, 0) is 10.0 Å². The predicted molar refractivity (Wildman–Crippen MR) is 82.6 cm³/mol. The number of amides is 1. The van der Waals surface area contributed by atoms with Crippen LogP contribution in [0.5, 0.6) is 0 Å². The summed E-state index contributed by atoms with van der Waals surface area (Å²) < 4.78 is 53.1. The highest BCUT2D eigenvalue weighted by atomic mass is 32.2. The van der Waals surface area contributed by atoms with Crippen LogP contribution in [-0.4, -0.2) is 44.1 Å². The van der Waals surface area contributed by atoms with Gasteiger partial charge in [0.2, 0.25) is 10.0 Å². The smallest absolute Gasteiger partial charge is 0.256 e. The van der Waals surface area contributed by atoms with E-state index in [1.54, 1.807) is 6.92 Å². The first kappa shape index (κ1) is 17.8. The Morgan fingerprint density at radius 3 is 2.70 bits per heavy atom. The zero-order valence-corrected chi connectivity index (χ0v) is 13.9. The zero-order valence-electron chi connectivity index (χ0n) is 13.1. The molecule has 0 aromatic heterocycles. The van der Waals surface area contributed by atoms with E-state index in [1.165, 1.54) is 17.9 Å². The second-order valence-electron chi connectivity index (χ2n) is 5.75. The van der Waals surface area contributed by atoms with Crippen LogP contribution in [0.15, 0.2) is 12.1 Å². The van der Waals surface area contributed by atoms with E-state index in [0.29, 0.717) is 25.5 Å². The van der Waals surface area contributed by atoms with Crippen molar-refractivity contribution < 1.29 is 22.0 Å². The van der Waals surface area contributed by atoms with E-state index in [1.807, 2.05) is 0 Å². The third-order valence-corrected chi connectivity index (χ3v) is 5.41. The van der Waals surface area contributed by atoms with E-state index in [0.717, 1.165) is 0 Å². The van der Waals surface area contributed by atoms with Gasteiger partial charge < -0.3 is 4.90 Å². The van der Waals surface area contributed by atoms with Gasteiger partial charge in [0.05, 0.1) is 11.3 Å². The normalized spacial score (nSPS) is 18.4. The lowest BCUT2D eigenvalue weighted by atomic mass is 10.1. The molecule has 1 amide bonds. The van der Waals surface area contributed by atoms with Gasteiger partial charge in [-0.2, -0.15) is 0 Å². The third-order valence-electron chi connectivity index (χ3n) is 3.77. The molecule has 8 heteroatoms. The molecule has 1 saturated heterocycles. The minimum absolute atomic E-state index is 0.0310. The number of rotatable bonds is 5. The Kier molecular flexibility index (Phi) is 5.36. The highest BCUT2D eigenvalue weighted by molar-refractivity contribution is 7.89. The summed E-state index contributed by atoms with van der Waals surface area (Å²) in [5.74, 6) is -2.13. The van der Waals surface area contributed by atoms with Crippen molar-refractivity contribution in [1.29, 1.82) is 0 Å². The molecule has 0 radical (unpaired) electrons. The first-order chi connectivity index (χ1) is 10.7. The highest BCUT2D eigenvalue weighted by Crippen LogP contribution is 2.19. The van der Waals surface area contributed by atoms with Crippen molar-refractivity contribution in [2.24, 2.45) is 0 Å². The van der Waals surface area contributed by atoms with Crippen molar-refractivity contribution in [1.82, 2.24) is 9.62 Å². The number of carbonyl (C=O) groups excluding carboxylic acids is 1. The topological polar surface area (TPSA) is 66.5 Å². The number of nitrogens with zero attached hydrogens (tertiary/aromatic N) is 1. The van der Waals surface area contributed by atoms with E-state index in [4.69, 9.17) is 0 Å². The van der Waals surface area contributed by atoms with Crippen LogP contribution >= 0.6 is 0 Å². The molecule has 1 aromatic carbocycles. The van der Waals surface area contributed by atoms with Crippen molar-refractivity contribution >= 4 is 15.9 Å². The van der Waals surface area contributed by atoms with Gasteiger partial charge in [-0.05, 0) is 31.4 Å². The molecule has 0 aliphatic carbocycles. The molecule has 128 valence electrons. The second-order valence-corrected chi connectivity index (χ2v) is 7.63. The van der Waals surface area contributed by atoms with Crippen LogP contribution in [0.1, 0.15) is 35.7 Å². The summed E-state index contributed by atoms with van der Waals surface area (Å²) in [6, 6.07) is 1.50. The molecule has 0 saturated carbocycles. The average Bonchev–Trinajstić information content (AvgIpc) is 2.89. The number of halogens is 2.